The summed E-state index contributed by atoms with van der Waals surface area (Å²) in [5, 5.41) is 0. The van der Waals surface area contributed by atoms with Gasteiger partial charge in [0.1, 0.15) is 0 Å². The molecule has 1 heteroatoms. The van der Waals surface area contributed by atoms with Crippen LogP contribution in [-0.2, 0) is 0 Å². The first-order valence-electron chi connectivity index (χ1n) is 8.61. The number of rotatable bonds is 6. The predicted octanol–water partition coefficient (Wildman–Crippen LogP) is 6.62. The van der Waals surface area contributed by atoms with Crippen LogP contribution in [0.5, 0.6) is 0 Å². The van der Waals surface area contributed by atoms with Crippen LogP contribution in [0.2, 0.25) is 0 Å². The summed E-state index contributed by atoms with van der Waals surface area (Å²) in [5.41, 5.74) is 0.574. The van der Waals surface area contributed by atoms with Crippen molar-refractivity contribution in [3.8, 4) is 0 Å². The molecule has 0 saturated carbocycles. The van der Waals surface area contributed by atoms with Crippen LogP contribution in [-0.4, -0.2) is 25.0 Å². The average Bonchev–Trinajstić information content (AvgIpc) is 2.50. The van der Waals surface area contributed by atoms with Gasteiger partial charge in [-0.2, -0.15) is 0 Å². The van der Waals surface area contributed by atoms with Gasteiger partial charge in [-0.25, -0.2) is 0 Å². The van der Waals surface area contributed by atoms with Crippen molar-refractivity contribution < 1.29 is 0 Å². The third kappa shape index (κ3) is 18.0. The Bertz CT molecular complexity index is 126. The standard InChI is InChI=1S/C12H27N.3C2H6/c1-7-12(4,8-2)10-9-11(3)13(5)6;3*1-2/h11H,7-10H2,1-6H3;3*1-2H3. The molecule has 0 aromatic rings. The van der Waals surface area contributed by atoms with Crippen molar-refractivity contribution in [2.24, 2.45) is 5.41 Å². The van der Waals surface area contributed by atoms with Gasteiger partial charge in [0.2, 0.25) is 0 Å². The molecule has 1 nitrogen and oxygen atoms in total. The summed E-state index contributed by atoms with van der Waals surface area (Å²) in [6.07, 6.45) is 5.30. The van der Waals surface area contributed by atoms with Crippen LogP contribution < -0.4 is 0 Å². The molecule has 0 aromatic carbocycles. The lowest BCUT2D eigenvalue weighted by Crippen LogP contribution is -2.27. The Morgan fingerprint density at radius 1 is 0.842 bits per heavy atom. The zero-order valence-corrected chi connectivity index (χ0v) is 16.4. The van der Waals surface area contributed by atoms with E-state index in [9.17, 15) is 0 Å². The lowest BCUT2D eigenvalue weighted by Gasteiger charge is -2.29. The van der Waals surface area contributed by atoms with E-state index in [1.54, 1.807) is 0 Å². The molecule has 0 bridgehead atoms. The molecular formula is C18H45N. The molecule has 0 aliphatic carbocycles. The average molecular weight is 276 g/mol. The highest BCUT2D eigenvalue weighted by Gasteiger charge is 2.20. The van der Waals surface area contributed by atoms with Crippen LogP contribution in [0.1, 0.15) is 94.9 Å². The third-order valence-corrected chi connectivity index (χ3v) is 3.75. The van der Waals surface area contributed by atoms with Crippen molar-refractivity contribution >= 4 is 0 Å². The van der Waals surface area contributed by atoms with E-state index >= 15 is 0 Å². The van der Waals surface area contributed by atoms with Crippen LogP contribution in [0, 0.1) is 5.41 Å². The van der Waals surface area contributed by atoms with E-state index < -0.39 is 0 Å². The van der Waals surface area contributed by atoms with Crippen molar-refractivity contribution in [3.05, 3.63) is 0 Å². The first-order chi connectivity index (χ1) is 8.95. The fraction of sp³-hybridized carbons (Fsp3) is 1.00. The Balaban J connectivity index is -0.000000163. The predicted molar refractivity (Wildman–Crippen MR) is 95.1 cm³/mol. The minimum absolute atomic E-state index is 0.574. The highest BCUT2D eigenvalue weighted by molar-refractivity contribution is 4.73. The molecule has 0 N–H and O–H groups in total. The first-order valence-corrected chi connectivity index (χ1v) is 8.61. The topological polar surface area (TPSA) is 3.24 Å². The van der Waals surface area contributed by atoms with Gasteiger partial charge in [-0.05, 0) is 39.3 Å². The quantitative estimate of drug-likeness (QED) is 0.526. The summed E-state index contributed by atoms with van der Waals surface area (Å²) >= 11 is 0. The molecule has 1 unspecified atom stereocenters. The maximum absolute atomic E-state index is 2.41. The monoisotopic (exact) mass is 275 g/mol. The van der Waals surface area contributed by atoms with Gasteiger partial charge >= 0.3 is 0 Å². The summed E-state index contributed by atoms with van der Waals surface area (Å²) in [7, 11) is 4.33. The fourth-order valence-corrected chi connectivity index (χ4v) is 1.42. The van der Waals surface area contributed by atoms with Crippen LogP contribution >= 0.6 is 0 Å². The molecular weight excluding hydrogens is 230 g/mol. The number of hydrogen-bond acceptors (Lipinski definition) is 1. The molecule has 0 aromatic heterocycles. The molecule has 122 valence electrons. The van der Waals surface area contributed by atoms with Crippen LogP contribution in [0.25, 0.3) is 0 Å². The fourth-order valence-electron chi connectivity index (χ4n) is 1.42. The van der Waals surface area contributed by atoms with Crippen LogP contribution in [0.15, 0.2) is 0 Å². The van der Waals surface area contributed by atoms with Gasteiger partial charge in [0, 0.05) is 6.04 Å². The molecule has 0 heterocycles. The van der Waals surface area contributed by atoms with E-state index in [-0.39, 0.29) is 0 Å². The lowest BCUT2D eigenvalue weighted by molar-refractivity contribution is 0.216. The molecule has 0 amide bonds. The number of hydrogen-bond donors (Lipinski definition) is 0. The Morgan fingerprint density at radius 3 is 1.37 bits per heavy atom. The van der Waals surface area contributed by atoms with E-state index in [0.717, 1.165) is 6.04 Å². The molecule has 0 radical (unpaired) electrons. The highest BCUT2D eigenvalue weighted by Crippen LogP contribution is 2.31. The largest absolute Gasteiger partial charge is 0.307 e. The smallest absolute Gasteiger partial charge is 0.00610 e. The molecule has 0 spiro atoms. The van der Waals surface area contributed by atoms with Crippen molar-refractivity contribution in [3.63, 3.8) is 0 Å². The van der Waals surface area contributed by atoms with Gasteiger partial charge in [-0.1, -0.05) is 75.2 Å². The van der Waals surface area contributed by atoms with E-state index in [0.29, 0.717) is 5.41 Å². The third-order valence-electron chi connectivity index (χ3n) is 3.75. The van der Waals surface area contributed by atoms with Gasteiger partial charge in [0.15, 0.2) is 0 Å². The highest BCUT2D eigenvalue weighted by atomic mass is 15.1. The maximum Gasteiger partial charge on any atom is 0.00610 e. The lowest BCUT2D eigenvalue weighted by atomic mass is 9.79. The van der Waals surface area contributed by atoms with Gasteiger partial charge in [0.05, 0.1) is 0 Å². The van der Waals surface area contributed by atoms with Crippen LogP contribution in [0.4, 0.5) is 0 Å². The van der Waals surface area contributed by atoms with Gasteiger partial charge in [-0.15, -0.1) is 0 Å². The second-order valence-corrected chi connectivity index (χ2v) is 4.87. The van der Waals surface area contributed by atoms with Crippen LogP contribution in [0.3, 0.4) is 0 Å². The SMILES string of the molecule is CC.CC.CC.CCC(C)(CC)CCC(C)N(C)C. The summed E-state index contributed by atoms with van der Waals surface area (Å²) in [6, 6.07) is 0.720. The Kier molecular flexibility index (Phi) is 29.2. The van der Waals surface area contributed by atoms with Crippen molar-refractivity contribution in [2.45, 2.75) is 101 Å². The zero-order valence-electron chi connectivity index (χ0n) is 16.4. The Hall–Kier alpha value is -0.0400. The maximum atomic E-state index is 2.41. The summed E-state index contributed by atoms with van der Waals surface area (Å²) in [6.45, 7) is 21.3. The molecule has 0 saturated heterocycles. The molecule has 0 aliphatic heterocycles. The molecule has 0 fully saturated rings. The summed E-state index contributed by atoms with van der Waals surface area (Å²) in [4.78, 5) is 2.31. The van der Waals surface area contributed by atoms with Gasteiger partial charge < -0.3 is 4.90 Å². The molecule has 19 heavy (non-hydrogen) atoms. The molecule has 0 aliphatic rings. The minimum Gasteiger partial charge on any atom is -0.307 e. The van der Waals surface area contributed by atoms with E-state index in [2.05, 4.69) is 46.7 Å². The summed E-state index contributed by atoms with van der Waals surface area (Å²) in [5.74, 6) is 0. The molecule has 1 atom stereocenters. The second kappa shape index (κ2) is 20.3. The van der Waals surface area contributed by atoms with Crippen molar-refractivity contribution in [1.82, 2.24) is 4.90 Å². The van der Waals surface area contributed by atoms with E-state index in [1.165, 1.54) is 25.7 Å². The first kappa shape index (κ1) is 27.3. The van der Waals surface area contributed by atoms with E-state index in [4.69, 9.17) is 0 Å². The molecule has 0 rings (SSSR count). The van der Waals surface area contributed by atoms with Crippen molar-refractivity contribution in [2.75, 3.05) is 14.1 Å². The Labute approximate surface area is 126 Å². The minimum atomic E-state index is 0.574. The normalized spacial score (nSPS) is 11.2. The van der Waals surface area contributed by atoms with Gasteiger partial charge in [0.25, 0.3) is 0 Å². The Morgan fingerprint density at radius 2 is 1.16 bits per heavy atom. The number of nitrogens with zero attached hydrogens (tertiary/aromatic N) is 1. The van der Waals surface area contributed by atoms with Gasteiger partial charge in [-0.3, -0.25) is 0 Å². The zero-order chi connectivity index (χ0) is 16.5. The van der Waals surface area contributed by atoms with Crippen molar-refractivity contribution in [1.29, 1.82) is 0 Å². The summed E-state index contributed by atoms with van der Waals surface area (Å²) < 4.78 is 0. The second-order valence-electron chi connectivity index (χ2n) is 4.87. The van der Waals surface area contributed by atoms with E-state index in [1.807, 2.05) is 41.5 Å².